The summed E-state index contributed by atoms with van der Waals surface area (Å²) in [5.74, 6) is -1.72. The van der Waals surface area contributed by atoms with Crippen LogP contribution in [0.5, 0.6) is 0 Å². The number of Topliss-reactive ketones (excluding diaryl/α,β-unsaturated/α-hetero) is 2. The number of hydrogen-bond acceptors (Lipinski definition) is 11. The number of carbonyl (C=O) groups excluding carboxylic acids is 5. The highest BCUT2D eigenvalue weighted by Gasteiger charge is 2.17. The van der Waals surface area contributed by atoms with Crippen LogP contribution in [-0.2, 0) is 52.5 Å². The zero-order chi connectivity index (χ0) is 46.5. The molecule has 0 aromatic heterocycles. The van der Waals surface area contributed by atoms with Crippen molar-refractivity contribution in [1.82, 2.24) is 16.0 Å². The Morgan fingerprint density at radius 2 is 0.984 bits per heavy atom. The minimum Gasteiger partial charge on any atom is -0.481 e. The molecule has 0 rings (SSSR count). The van der Waals surface area contributed by atoms with Gasteiger partial charge in [0.05, 0.1) is 33.0 Å². The average Bonchev–Trinajstić information content (AvgIpc) is 3.23. The van der Waals surface area contributed by atoms with Crippen molar-refractivity contribution in [3.05, 3.63) is 0 Å². The highest BCUT2D eigenvalue weighted by molar-refractivity contribution is 5.83. The van der Waals surface area contributed by atoms with Gasteiger partial charge in [-0.1, -0.05) is 104 Å². The standard InChI is InChI=1S/C24H44N2O8.C22H41NO5.H2/c1-4-22(28)9-7-12-31-14-16-33-19-24(30)26-11-13-32-15-17-34-18-23(29)25-10-6-5-8-20(2)21(3)27;1-2-19(22(27)28)23-20(24)17-15-13-11-9-7-5-3-4-6-8-10-12-14-16-18-21(25)26;/h20H,4-19H2,1-3H3,(H,25,29)(H,26,30);19H,2-18H2,1H3,(H,23,24)(H,25,26)(H,27,28);1H/t20-;19-;/m00./s1. The van der Waals surface area contributed by atoms with Crippen molar-refractivity contribution in [3.8, 4) is 0 Å². The number of rotatable bonds is 44. The number of carboxylic acid groups (broad SMARTS) is 2. The van der Waals surface area contributed by atoms with Crippen LogP contribution in [-0.4, -0.2) is 123 Å². The highest BCUT2D eigenvalue weighted by Crippen LogP contribution is 2.14. The molecular weight excluding hydrogens is 803 g/mol. The molecule has 0 aliphatic rings. The van der Waals surface area contributed by atoms with E-state index in [1.54, 1.807) is 13.8 Å². The van der Waals surface area contributed by atoms with Crippen molar-refractivity contribution >= 4 is 41.2 Å². The van der Waals surface area contributed by atoms with Gasteiger partial charge in [0.25, 0.3) is 0 Å². The van der Waals surface area contributed by atoms with Gasteiger partial charge in [-0.05, 0) is 45.4 Å². The largest absolute Gasteiger partial charge is 0.481 e. The fraction of sp³-hybridized carbons (Fsp3) is 0.848. The number of carboxylic acids is 2. The monoisotopic (exact) mass is 890 g/mol. The summed E-state index contributed by atoms with van der Waals surface area (Å²) in [5.41, 5.74) is 0. The van der Waals surface area contributed by atoms with E-state index >= 15 is 0 Å². The van der Waals surface area contributed by atoms with Crippen LogP contribution >= 0.6 is 0 Å². The maximum atomic E-state index is 11.7. The first kappa shape index (κ1) is 60.6. The van der Waals surface area contributed by atoms with Gasteiger partial charge in [-0.2, -0.15) is 0 Å². The molecule has 16 heteroatoms. The molecule has 5 N–H and O–H groups in total. The number of aliphatic carboxylic acids is 2. The van der Waals surface area contributed by atoms with E-state index in [9.17, 15) is 33.6 Å². The maximum Gasteiger partial charge on any atom is 0.326 e. The molecule has 364 valence electrons. The van der Waals surface area contributed by atoms with Gasteiger partial charge in [-0.3, -0.25) is 28.8 Å². The molecule has 0 bridgehead atoms. The molecule has 0 heterocycles. The van der Waals surface area contributed by atoms with E-state index in [2.05, 4.69) is 16.0 Å². The minimum absolute atomic E-state index is 0. The number of carbonyl (C=O) groups is 7. The van der Waals surface area contributed by atoms with Gasteiger partial charge < -0.3 is 45.1 Å². The van der Waals surface area contributed by atoms with Gasteiger partial charge in [0.2, 0.25) is 17.7 Å². The molecule has 0 fully saturated rings. The Kier molecular flexibility index (Phi) is 44.5. The van der Waals surface area contributed by atoms with E-state index in [1.807, 2.05) is 13.8 Å². The van der Waals surface area contributed by atoms with Crippen molar-refractivity contribution in [2.75, 3.05) is 65.9 Å². The van der Waals surface area contributed by atoms with E-state index in [1.165, 1.54) is 51.4 Å². The van der Waals surface area contributed by atoms with Gasteiger partial charge in [0.1, 0.15) is 30.8 Å². The fourth-order valence-electron chi connectivity index (χ4n) is 5.98. The minimum atomic E-state index is -0.966. The average molecular weight is 890 g/mol. The lowest BCUT2D eigenvalue weighted by Crippen LogP contribution is -2.40. The summed E-state index contributed by atoms with van der Waals surface area (Å²) in [7, 11) is 0. The van der Waals surface area contributed by atoms with Crippen molar-refractivity contribution in [3.63, 3.8) is 0 Å². The molecule has 0 aliphatic heterocycles. The second-order valence-corrected chi connectivity index (χ2v) is 15.7. The first-order chi connectivity index (χ1) is 29.8. The Labute approximate surface area is 373 Å². The molecule has 0 unspecified atom stereocenters. The predicted molar refractivity (Wildman–Crippen MR) is 241 cm³/mol. The van der Waals surface area contributed by atoms with Gasteiger partial charge in [-0.15, -0.1) is 0 Å². The number of hydrogen-bond donors (Lipinski definition) is 5. The van der Waals surface area contributed by atoms with Crippen LogP contribution < -0.4 is 16.0 Å². The molecule has 0 aromatic carbocycles. The summed E-state index contributed by atoms with van der Waals surface area (Å²) in [5, 5.41) is 25.5. The third kappa shape index (κ3) is 46.0. The number of unbranched alkanes of at least 4 members (excludes halogenated alkanes) is 14. The van der Waals surface area contributed by atoms with Crippen molar-refractivity contribution in [1.29, 1.82) is 0 Å². The molecule has 0 radical (unpaired) electrons. The van der Waals surface area contributed by atoms with E-state index in [-0.39, 0.29) is 56.5 Å². The van der Waals surface area contributed by atoms with Crippen LogP contribution in [0.2, 0.25) is 0 Å². The Hall–Kier alpha value is -3.47. The van der Waals surface area contributed by atoms with Crippen molar-refractivity contribution in [2.45, 2.75) is 181 Å². The Balaban J connectivity index is -0.00000115. The maximum absolute atomic E-state index is 11.7. The molecule has 0 spiro atoms. The van der Waals surface area contributed by atoms with Gasteiger partial charge in [-0.25, -0.2) is 4.79 Å². The Bertz CT molecular complexity index is 1180. The molecule has 0 aliphatic carbocycles. The van der Waals surface area contributed by atoms with Gasteiger partial charge in [0.15, 0.2) is 0 Å². The summed E-state index contributed by atoms with van der Waals surface area (Å²) in [6, 6.07) is -0.760. The summed E-state index contributed by atoms with van der Waals surface area (Å²) in [4.78, 5) is 78.5. The second-order valence-electron chi connectivity index (χ2n) is 15.7. The number of amides is 3. The van der Waals surface area contributed by atoms with E-state index < -0.39 is 18.0 Å². The topological polar surface area (TPSA) is 233 Å². The van der Waals surface area contributed by atoms with Crippen LogP contribution in [0.1, 0.15) is 177 Å². The third-order valence-electron chi connectivity index (χ3n) is 10.1. The van der Waals surface area contributed by atoms with Crippen molar-refractivity contribution in [2.24, 2.45) is 5.92 Å². The third-order valence-corrected chi connectivity index (χ3v) is 10.1. The molecule has 16 nitrogen and oxygen atoms in total. The Morgan fingerprint density at radius 3 is 1.45 bits per heavy atom. The zero-order valence-corrected chi connectivity index (χ0v) is 38.9. The van der Waals surface area contributed by atoms with Crippen molar-refractivity contribution < 1.29 is 64.1 Å². The van der Waals surface area contributed by atoms with Crippen LogP contribution in [0.3, 0.4) is 0 Å². The van der Waals surface area contributed by atoms with Crippen LogP contribution in [0, 0.1) is 5.92 Å². The summed E-state index contributed by atoms with van der Waals surface area (Å²) < 4.78 is 21.2. The fourth-order valence-corrected chi connectivity index (χ4v) is 5.98. The van der Waals surface area contributed by atoms with Crippen LogP contribution in [0.15, 0.2) is 0 Å². The van der Waals surface area contributed by atoms with E-state index in [0.717, 1.165) is 57.8 Å². The highest BCUT2D eigenvalue weighted by atomic mass is 16.5. The lowest BCUT2D eigenvalue weighted by Gasteiger charge is -2.11. The van der Waals surface area contributed by atoms with Gasteiger partial charge >= 0.3 is 11.9 Å². The molecular formula is C46H87N3O13. The predicted octanol–water partition coefficient (Wildman–Crippen LogP) is 6.98. The zero-order valence-electron chi connectivity index (χ0n) is 38.9. The summed E-state index contributed by atoms with van der Waals surface area (Å²) in [6.07, 6.45) is 21.6. The van der Waals surface area contributed by atoms with Crippen LogP contribution in [0.25, 0.3) is 0 Å². The quantitative estimate of drug-likeness (QED) is 0.0389. The first-order valence-electron chi connectivity index (χ1n) is 23.4. The first-order valence-corrected chi connectivity index (χ1v) is 23.4. The normalized spacial score (nSPS) is 11.8. The lowest BCUT2D eigenvalue weighted by atomic mass is 10.0. The van der Waals surface area contributed by atoms with Crippen LogP contribution in [0.4, 0.5) is 0 Å². The SMILES string of the molecule is CCC(=O)CCCOCCOCC(=O)NCCOCCOCC(=O)NCCCC[C@H](C)C(C)=O.CC[C@H](NC(=O)CCCCCCCCCCCCCCCCC(=O)O)C(=O)O.[HH]. The molecule has 0 saturated carbocycles. The molecule has 2 atom stereocenters. The van der Waals surface area contributed by atoms with E-state index in [0.29, 0.717) is 84.6 Å². The number of ketones is 2. The summed E-state index contributed by atoms with van der Waals surface area (Å²) in [6.45, 7) is 10.1. The number of nitrogens with one attached hydrogen (secondary N) is 3. The lowest BCUT2D eigenvalue weighted by molar-refractivity contribution is -0.142. The molecule has 3 amide bonds. The summed E-state index contributed by atoms with van der Waals surface area (Å²) >= 11 is 0. The second kappa shape index (κ2) is 45.6. The molecule has 0 aromatic rings. The van der Waals surface area contributed by atoms with E-state index in [4.69, 9.17) is 29.2 Å². The smallest absolute Gasteiger partial charge is 0.326 e. The Morgan fingerprint density at radius 1 is 0.516 bits per heavy atom. The molecule has 0 saturated heterocycles. The molecule has 62 heavy (non-hydrogen) atoms. The van der Waals surface area contributed by atoms with Gasteiger partial charge in [0, 0.05) is 52.7 Å². The number of ether oxygens (including phenoxy) is 4.